The van der Waals surface area contributed by atoms with Crippen LogP contribution < -0.4 is 5.56 Å². The summed E-state index contributed by atoms with van der Waals surface area (Å²) in [6.07, 6.45) is 3.50. The fourth-order valence-electron chi connectivity index (χ4n) is 4.51. The van der Waals surface area contributed by atoms with Crippen molar-refractivity contribution in [3.05, 3.63) is 75.3 Å². The number of benzene rings is 2. The van der Waals surface area contributed by atoms with Crippen LogP contribution in [0, 0.1) is 10.7 Å². The second-order valence-corrected chi connectivity index (χ2v) is 8.56. The molecule has 0 unspecified atom stereocenters. The van der Waals surface area contributed by atoms with Crippen molar-refractivity contribution in [2.45, 2.75) is 25.9 Å². The number of nitrogens with zero attached hydrogens (tertiary/aromatic N) is 5. The first-order chi connectivity index (χ1) is 14.6. The van der Waals surface area contributed by atoms with E-state index in [1.165, 1.54) is 18.4 Å². The lowest BCUT2D eigenvalue weighted by molar-refractivity contribution is 0.140. The van der Waals surface area contributed by atoms with Gasteiger partial charge in [0.25, 0.3) is 5.56 Å². The van der Waals surface area contributed by atoms with Crippen molar-refractivity contribution in [2.75, 3.05) is 13.1 Å². The van der Waals surface area contributed by atoms with Gasteiger partial charge >= 0.3 is 0 Å². The van der Waals surface area contributed by atoms with Gasteiger partial charge < -0.3 is 0 Å². The van der Waals surface area contributed by atoms with E-state index in [1.54, 1.807) is 11.6 Å². The van der Waals surface area contributed by atoms with Gasteiger partial charge in [-0.15, -0.1) is 5.10 Å². The molecule has 0 bridgehead atoms. The topological polar surface area (TPSA) is 47.5 Å². The van der Waals surface area contributed by atoms with E-state index in [2.05, 4.69) is 35.2 Å². The lowest BCUT2D eigenvalue weighted by atomic mass is 9.90. The Morgan fingerprint density at radius 1 is 1.03 bits per heavy atom. The molecule has 1 aliphatic heterocycles. The van der Waals surface area contributed by atoms with E-state index in [0.717, 1.165) is 30.9 Å². The first kappa shape index (κ1) is 19.2. The summed E-state index contributed by atoms with van der Waals surface area (Å²) in [7, 11) is 1.76. The van der Waals surface area contributed by atoms with Gasteiger partial charge in [-0.25, -0.2) is 4.68 Å². The molecule has 6 nitrogen and oxygen atoms in total. The van der Waals surface area contributed by atoms with Crippen molar-refractivity contribution in [3.8, 4) is 0 Å². The van der Waals surface area contributed by atoms with Gasteiger partial charge in [-0.3, -0.25) is 18.7 Å². The Morgan fingerprint density at radius 3 is 2.50 bits per heavy atom. The lowest BCUT2D eigenvalue weighted by Crippen LogP contribution is -2.36. The van der Waals surface area contributed by atoms with E-state index in [0.29, 0.717) is 22.6 Å². The van der Waals surface area contributed by atoms with Crippen LogP contribution in [0.3, 0.4) is 0 Å². The number of hydrogen-bond donors (Lipinski definition) is 0. The normalized spacial score (nSPS) is 15.9. The maximum Gasteiger partial charge on any atom is 0.262 e. The summed E-state index contributed by atoms with van der Waals surface area (Å²) in [5.74, 6) is 1.31. The van der Waals surface area contributed by atoms with Crippen LogP contribution in [0.1, 0.15) is 18.4 Å². The molecule has 2 aromatic heterocycles. The Bertz CT molecular complexity index is 1310. The standard InChI is InChI=1S/C23H25N5OS/c1-25-21(29)19-9-5-6-10-20(19)28-22(25)24-27(23(28)30)16-26-13-11-18(12-14-26)15-17-7-3-2-4-8-17/h2-10,18H,11-16H2,1H3. The van der Waals surface area contributed by atoms with Crippen molar-refractivity contribution < 1.29 is 0 Å². The first-order valence-corrected chi connectivity index (χ1v) is 10.9. The minimum absolute atomic E-state index is 0.0491. The number of aromatic nitrogens is 4. The SMILES string of the molecule is Cn1c(=O)c2ccccc2n2c(=S)n(CN3CCC(Cc4ccccc4)CC3)nc12. The third-order valence-electron chi connectivity index (χ3n) is 6.21. The van der Waals surface area contributed by atoms with Gasteiger partial charge in [-0.05, 0) is 55.1 Å². The van der Waals surface area contributed by atoms with Crippen LogP contribution in [0.15, 0.2) is 59.4 Å². The second-order valence-electron chi connectivity index (χ2n) is 8.19. The fourth-order valence-corrected chi connectivity index (χ4v) is 4.78. The number of likely N-dealkylation sites (tertiary alicyclic amines) is 1. The largest absolute Gasteiger partial charge is 0.284 e. The van der Waals surface area contributed by atoms with E-state index >= 15 is 0 Å². The summed E-state index contributed by atoms with van der Waals surface area (Å²) < 4.78 is 5.98. The molecular formula is C23H25N5OS. The van der Waals surface area contributed by atoms with Gasteiger partial charge in [-0.1, -0.05) is 42.5 Å². The third kappa shape index (κ3) is 3.38. The summed E-state index contributed by atoms with van der Waals surface area (Å²) >= 11 is 5.76. The lowest BCUT2D eigenvalue weighted by Gasteiger charge is -2.31. The van der Waals surface area contributed by atoms with E-state index in [1.807, 2.05) is 33.3 Å². The zero-order valence-electron chi connectivity index (χ0n) is 17.1. The predicted molar refractivity (Wildman–Crippen MR) is 121 cm³/mol. The van der Waals surface area contributed by atoms with Gasteiger partial charge in [-0.2, -0.15) is 0 Å². The van der Waals surface area contributed by atoms with Crippen molar-refractivity contribution >= 4 is 28.9 Å². The molecule has 1 fully saturated rings. The molecule has 0 spiro atoms. The second kappa shape index (κ2) is 7.81. The highest BCUT2D eigenvalue weighted by Gasteiger charge is 2.21. The molecule has 30 heavy (non-hydrogen) atoms. The Morgan fingerprint density at radius 2 is 1.73 bits per heavy atom. The van der Waals surface area contributed by atoms with Crippen LogP contribution in [0.25, 0.3) is 16.7 Å². The Labute approximate surface area is 180 Å². The highest BCUT2D eigenvalue weighted by atomic mass is 32.1. The zero-order chi connectivity index (χ0) is 20.7. The molecule has 7 heteroatoms. The summed E-state index contributed by atoms with van der Waals surface area (Å²) in [6.45, 7) is 2.72. The van der Waals surface area contributed by atoms with E-state index in [-0.39, 0.29) is 5.56 Å². The van der Waals surface area contributed by atoms with Crippen LogP contribution in [-0.2, 0) is 20.1 Å². The van der Waals surface area contributed by atoms with Crippen molar-refractivity contribution in [1.29, 1.82) is 0 Å². The highest BCUT2D eigenvalue weighted by Crippen LogP contribution is 2.22. The maximum absolute atomic E-state index is 12.7. The van der Waals surface area contributed by atoms with E-state index in [9.17, 15) is 4.79 Å². The van der Waals surface area contributed by atoms with Gasteiger partial charge in [0.2, 0.25) is 10.5 Å². The van der Waals surface area contributed by atoms with E-state index in [4.69, 9.17) is 17.3 Å². The fraction of sp³-hybridized carbons (Fsp3) is 0.348. The van der Waals surface area contributed by atoms with Gasteiger partial charge in [0.1, 0.15) is 0 Å². The summed E-state index contributed by atoms with van der Waals surface area (Å²) in [4.78, 5) is 15.1. The number of piperidine rings is 1. The van der Waals surface area contributed by atoms with Crippen molar-refractivity contribution in [2.24, 2.45) is 13.0 Å². The number of para-hydroxylation sites is 1. The first-order valence-electron chi connectivity index (χ1n) is 10.5. The quantitative estimate of drug-likeness (QED) is 0.474. The molecule has 0 amide bonds. The van der Waals surface area contributed by atoms with Gasteiger partial charge in [0.05, 0.1) is 17.6 Å². The maximum atomic E-state index is 12.7. The summed E-state index contributed by atoms with van der Waals surface area (Å²) in [6, 6.07) is 18.3. The molecule has 1 aliphatic rings. The molecule has 4 aromatic rings. The monoisotopic (exact) mass is 419 g/mol. The van der Waals surface area contributed by atoms with Crippen molar-refractivity contribution in [1.82, 2.24) is 23.6 Å². The minimum atomic E-state index is -0.0491. The number of fused-ring (bicyclic) bond motifs is 3. The van der Waals surface area contributed by atoms with Gasteiger partial charge in [0.15, 0.2) is 0 Å². The Hall–Kier alpha value is -2.77. The summed E-state index contributed by atoms with van der Waals surface area (Å²) in [5.41, 5.74) is 2.19. The number of aryl methyl sites for hydroxylation is 1. The van der Waals surface area contributed by atoms with Crippen LogP contribution in [-0.4, -0.2) is 36.7 Å². The molecular weight excluding hydrogens is 394 g/mol. The number of hydrogen-bond acceptors (Lipinski definition) is 4. The molecule has 3 heterocycles. The summed E-state index contributed by atoms with van der Waals surface area (Å²) in [5, 5.41) is 5.36. The molecule has 0 aliphatic carbocycles. The molecule has 0 atom stereocenters. The minimum Gasteiger partial charge on any atom is -0.284 e. The molecule has 5 rings (SSSR count). The molecule has 0 N–H and O–H groups in total. The van der Waals surface area contributed by atoms with E-state index < -0.39 is 0 Å². The molecule has 154 valence electrons. The predicted octanol–water partition coefficient (Wildman–Crippen LogP) is 3.63. The van der Waals surface area contributed by atoms with Crippen LogP contribution in [0.4, 0.5) is 0 Å². The van der Waals surface area contributed by atoms with Crippen molar-refractivity contribution in [3.63, 3.8) is 0 Å². The Balaban J connectivity index is 1.37. The molecule has 0 saturated carbocycles. The zero-order valence-corrected chi connectivity index (χ0v) is 17.9. The average molecular weight is 420 g/mol. The van der Waals surface area contributed by atoms with Crippen LogP contribution in [0.2, 0.25) is 0 Å². The molecule has 2 aromatic carbocycles. The highest BCUT2D eigenvalue weighted by molar-refractivity contribution is 7.71. The number of rotatable bonds is 4. The average Bonchev–Trinajstić information content (AvgIpc) is 3.10. The smallest absolute Gasteiger partial charge is 0.262 e. The van der Waals surface area contributed by atoms with Crippen LogP contribution >= 0.6 is 12.2 Å². The van der Waals surface area contributed by atoms with Crippen LogP contribution in [0.5, 0.6) is 0 Å². The Kier molecular flexibility index (Phi) is 5.00. The third-order valence-corrected chi connectivity index (χ3v) is 6.60. The molecule has 0 radical (unpaired) electrons. The molecule has 1 saturated heterocycles. The van der Waals surface area contributed by atoms with Gasteiger partial charge in [0, 0.05) is 20.1 Å².